The van der Waals surface area contributed by atoms with Crippen LogP contribution in [0.25, 0.3) is 21.3 Å². The van der Waals surface area contributed by atoms with Crippen LogP contribution in [0.15, 0.2) is 35.7 Å². The summed E-state index contributed by atoms with van der Waals surface area (Å²) < 4.78 is 5.26. The molecular formula is C16H17N3OS. The molecule has 3 rings (SSSR count). The van der Waals surface area contributed by atoms with Crippen molar-refractivity contribution in [1.82, 2.24) is 9.97 Å². The molecule has 0 fully saturated rings. The number of rotatable bonds is 4. The zero-order valence-electron chi connectivity index (χ0n) is 12.0. The van der Waals surface area contributed by atoms with E-state index in [1.165, 1.54) is 0 Å². The van der Waals surface area contributed by atoms with Crippen molar-refractivity contribution in [3.63, 3.8) is 0 Å². The van der Waals surface area contributed by atoms with E-state index in [1.807, 2.05) is 25.1 Å². The van der Waals surface area contributed by atoms with E-state index < -0.39 is 0 Å². The van der Waals surface area contributed by atoms with Gasteiger partial charge in [-0.1, -0.05) is 30.3 Å². The molecule has 3 aromatic rings. The summed E-state index contributed by atoms with van der Waals surface area (Å²) in [4.78, 5) is 9.99. The fraction of sp³-hybridized carbons (Fsp3) is 0.250. The summed E-state index contributed by atoms with van der Waals surface area (Å²) in [5.41, 5.74) is 8.40. The maximum absolute atomic E-state index is 6.17. The highest BCUT2D eigenvalue weighted by Gasteiger charge is 2.14. The second-order valence-corrected chi connectivity index (χ2v) is 5.83. The Morgan fingerprint density at radius 3 is 2.71 bits per heavy atom. The van der Waals surface area contributed by atoms with Gasteiger partial charge in [0.15, 0.2) is 0 Å². The Kier molecular flexibility index (Phi) is 3.86. The highest BCUT2D eigenvalue weighted by molar-refractivity contribution is 7.17. The third kappa shape index (κ3) is 2.75. The minimum absolute atomic E-state index is 0.0791. The topological polar surface area (TPSA) is 61.0 Å². The van der Waals surface area contributed by atoms with E-state index in [2.05, 4.69) is 27.5 Å². The number of benzene rings is 1. The van der Waals surface area contributed by atoms with E-state index in [9.17, 15) is 0 Å². The summed E-state index contributed by atoms with van der Waals surface area (Å²) in [7, 11) is 1.69. The number of ether oxygens (including phenoxy) is 1. The molecule has 1 atom stereocenters. The van der Waals surface area contributed by atoms with Gasteiger partial charge in [0.05, 0.1) is 11.5 Å². The number of nitrogens with zero attached hydrogens (tertiary/aromatic N) is 2. The smallest absolute Gasteiger partial charge is 0.136 e. The molecule has 2 aromatic heterocycles. The summed E-state index contributed by atoms with van der Waals surface area (Å²) >= 11 is 1.60. The van der Waals surface area contributed by atoms with E-state index in [4.69, 9.17) is 10.5 Å². The first-order valence-electron chi connectivity index (χ1n) is 6.81. The maximum atomic E-state index is 6.17. The van der Waals surface area contributed by atoms with Crippen LogP contribution in [-0.2, 0) is 11.2 Å². The van der Waals surface area contributed by atoms with Gasteiger partial charge in [0.1, 0.15) is 16.5 Å². The van der Waals surface area contributed by atoms with E-state index in [0.717, 1.165) is 27.2 Å². The lowest BCUT2D eigenvalue weighted by atomic mass is 10.1. The van der Waals surface area contributed by atoms with Gasteiger partial charge in [-0.15, -0.1) is 11.3 Å². The highest BCUT2D eigenvalue weighted by Crippen LogP contribution is 2.35. The summed E-state index contributed by atoms with van der Waals surface area (Å²) in [6.07, 6.45) is 0.741. The fourth-order valence-corrected chi connectivity index (χ4v) is 3.25. The van der Waals surface area contributed by atoms with Gasteiger partial charge in [0.25, 0.3) is 0 Å². The normalized spacial score (nSPS) is 12.7. The van der Waals surface area contributed by atoms with Crippen LogP contribution in [0, 0.1) is 0 Å². The third-order valence-corrected chi connectivity index (χ3v) is 4.34. The van der Waals surface area contributed by atoms with Gasteiger partial charge in [-0.05, 0) is 12.5 Å². The van der Waals surface area contributed by atoms with E-state index in [0.29, 0.717) is 12.2 Å². The zero-order chi connectivity index (χ0) is 14.8. The molecule has 5 heteroatoms. The number of anilines is 1. The van der Waals surface area contributed by atoms with Crippen LogP contribution < -0.4 is 5.73 Å². The number of hydrogen-bond donors (Lipinski definition) is 1. The van der Waals surface area contributed by atoms with Gasteiger partial charge in [-0.25, -0.2) is 9.97 Å². The molecule has 0 saturated carbocycles. The van der Waals surface area contributed by atoms with Crippen LogP contribution >= 0.6 is 11.3 Å². The van der Waals surface area contributed by atoms with Crippen molar-refractivity contribution in [3.05, 3.63) is 41.5 Å². The molecule has 0 spiro atoms. The number of aromatic nitrogens is 2. The minimum Gasteiger partial charge on any atom is -0.383 e. The Morgan fingerprint density at radius 1 is 1.24 bits per heavy atom. The number of thiophene rings is 1. The maximum Gasteiger partial charge on any atom is 0.136 e. The lowest BCUT2D eigenvalue weighted by Crippen LogP contribution is -2.12. The quantitative estimate of drug-likeness (QED) is 0.800. The van der Waals surface area contributed by atoms with Gasteiger partial charge in [-0.3, -0.25) is 0 Å². The van der Waals surface area contributed by atoms with Crippen molar-refractivity contribution in [1.29, 1.82) is 0 Å². The summed E-state index contributed by atoms with van der Waals surface area (Å²) in [5, 5.41) is 3.04. The Balaban J connectivity index is 2.07. The summed E-state index contributed by atoms with van der Waals surface area (Å²) in [6, 6.07) is 10.2. The van der Waals surface area contributed by atoms with Crippen molar-refractivity contribution in [2.75, 3.05) is 12.8 Å². The molecule has 0 saturated heterocycles. The Labute approximate surface area is 127 Å². The highest BCUT2D eigenvalue weighted by atomic mass is 32.1. The largest absolute Gasteiger partial charge is 0.383 e. The van der Waals surface area contributed by atoms with E-state index in [1.54, 1.807) is 18.4 Å². The lowest BCUT2D eigenvalue weighted by molar-refractivity contribution is 0.117. The Hall–Kier alpha value is -1.98. The number of hydrogen-bond acceptors (Lipinski definition) is 5. The predicted octanol–water partition coefficient (Wildman–Crippen LogP) is 3.52. The molecule has 2 heterocycles. The van der Waals surface area contributed by atoms with Crippen molar-refractivity contribution >= 4 is 27.4 Å². The van der Waals surface area contributed by atoms with Gasteiger partial charge >= 0.3 is 0 Å². The van der Waals surface area contributed by atoms with Crippen molar-refractivity contribution < 1.29 is 4.74 Å². The Bertz CT molecular complexity index is 755. The molecule has 1 aromatic carbocycles. The van der Waals surface area contributed by atoms with Crippen molar-refractivity contribution in [2.24, 2.45) is 0 Å². The van der Waals surface area contributed by atoms with E-state index in [-0.39, 0.29) is 6.10 Å². The van der Waals surface area contributed by atoms with Crippen LogP contribution in [0.1, 0.15) is 12.7 Å². The number of nitrogens with two attached hydrogens (primary N) is 1. The summed E-state index contributed by atoms with van der Waals surface area (Å²) in [5.74, 6) is 1.27. The van der Waals surface area contributed by atoms with Gasteiger partial charge < -0.3 is 10.5 Å². The second kappa shape index (κ2) is 5.79. The van der Waals surface area contributed by atoms with Crippen LogP contribution in [0.3, 0.4) is 0 Å². The Morgan fingerprint density at radius 2 is 2.00 bits per heavy atom. The predicted molar refractivity (Wildman–Crippen MR) is 87.4 cm³/mol. The van der Waals surface area contributed by atoms with Crippen LogP contribution in [0.2, 0.25) is 0 Å². The van der Waals surface area contributed by atoms with E-state index >= 15 is 0 Å². The first-order valence-corrected chi connectivity index (χ1v) is 7.69. The average molecular weight is 299 g/mol. The molecule has 4 nitrogen and oxygen atoms in total. The summed E-state index contributed by atoms with van der Waals surface area (Å²) in [6.45, 7) is 1.99. The van der Waals surface area contributed by atoms with Gasteiger partial charge in [-0.2, -0.15) is 0 Å². The molecule has 2 N–H and O–H groups in total. The molecular weight excluding hydrogens is 282 g/mol. The number of methoxy groups -OCH3 is 1. The number of nitrogen functional groups attached to an aromatic ring is 1. The standard InChI is InChI=1S/C16H17N3OS/c1-10(20-2)8-13-18-15(17)14-12(9-21-16(14)19-13)11-6-4-3-5-7-11/h3-7,9-10H,8H2,1-2H3,(H2,17,18,19). The van der Waals surface area contributed by atoms with Crippen molar-refractivity contribution in [3.8, 4) is 11.1 Å². The van der Waals surface area contributed by atoms with Crippen LogP contribution in [0.4, 0.5) is 5.82 Å². The molecule has 0 aliphatic heterocycles. The monoisotopic (exact) mass is 299 g/mol. The molecule has 0 amide bonds. The third-order valence-electron chi connectivity index (χ3n) is 3.47. The fourth-order valence-electron chi connectivity index (χ4n) is 2.28. The molecule has 0 aliphatic rings. The average Bonchev–Trinajstić information content (AvgIpc) is 2.92. The van der Waals surface area contributed by atoms with Crippen LogP contribution in [-0.4, -0.2) is 23.2 Å². The molecule has 21 heavy (non-hydrogen) atoms. The minimum atomic E-state index is 0.0791. The molecule has 1 unspecified atom stereocenters. The van der Waals surface area contributed by atoms with Gasteiger partial charge in [0.2, 0.25) is 0 Å². The molecule has 0 bridgehead atoms. The van der Waals surface area contributed by atoms with Crippen molar-refractivity contribution in [2.45, 2.75) is 19.4 Å². The first kappa shape index (κ1) is 14.0. The zero-order valence-corrected chi connectivity index (χ0v) is 12.9. The molecule has 0 aliphatic carbocycles. The first-order chi connectivity index (χ1) is 10.2. The molecule has 0 radical (unpaired) electrons. The SMILES string of the molecule is COC(C)Cc1nc(N)c2c(-c3ccccc3)csc2n1. The van der Waals surface area contributed by atoms with Gasteiger partial charge in [0, 0.05) is 24.5 Å². The lowest BCUT2D eigenvalue weighted by Gasteiger charge is -2.09. The second-order valence-electron chi connectivity index (χ2n) is 4.97. The van der Waals surface area contributed by atoms with Crippen LogP contribution in [0.5, 0.6) is 0 Å². The number of fused-ring (bicyclic) bond motifs is 1. The molecule has 108 valence electrons.